The van der Waals surface area contributed by atoms with Crippen LogP contribution in [0.1, 0.15) is 16.8 Å². The minimum absolute atomic E-state index is 0.111. The number of benzene rings is 1. The second-order valence-corrected chi connectivity index (χ2v) is 4.02. The van der Waals surface area contributed by atoms with Gasteiger partial charge in [-0.25, -0.2) is 9.07 Å². The van der Waals surface area contributed by atoms with Crippen LogP contribution in [0.2, 0.25) is 0 Å². The van der Waals surface area contributed by atoms with E-state index < -0.39 is 0 Å². The fraction of sp³-hybridized carbons (Fsp3) is 0.308. The smallest absolute Gasteiger partial charge is 0.149 e. The number of hydrogen-bond donors (Lipinski definition) is 1. The number of aryl methyl sites for hydroxylation is 1. The Kier molecular flexibility index (Phi) is 3.74. The molecule has 5 heteroatoms. The summed E-state index contributed by atoms with van der Waals surface area (Å²) in [5, 5.41) is 13.4. The van der Waals surface area contributed by atoms with Gasteiger partial charge in [-0.05, 0) is 13.0 Å². The predicted octanol–water partition coefficient (Wildman–Crippen LogP) is 1.96. The van der Waals surface area contributed by atoms with Gasteiger partial charge >= 0.3 is 0 Å². The van der Waals surface area contributed by atoms with E-state index in [0.29, 0.717) is 29.1 Å². The highest BCUT2D eigenvalue weighted by Crippen LogP contribution is 2.20. The van der Waals surface area contributed by atoms with Crippen molar-refractivity contribution in [3.05, 3.63) is 47.0 Å². The summed E-state index contributed by atoms with van der Waals surface area (Å²) in [6.07, 6.45) is 1.63. The Bertz CT molecular complexity index is 552. The maximum absolute atomic E-state index is 13.9. The van der Waals surface area contributed by atoms with Crippen LogP contribution in [0.5, 0.6) is 0 Å². The van der Waals surface area contributed by atoms with E-state index in [2.05, 4.69) is 5.10 Å². The van der Waals surface area contributed by atoms with Crippen molar-refractivity contribution >= 4 is 0 Å². The molecule has 0 saturated heterocycles. The van der Waals surface area contributed by atoms with Crippen LogP contribution in [-0.2, 0) is 18.0 Å². The van der Waals surface area contributed by atoms with Crippen LogP contribution in [0.15, 0.2) is 24.4 Å². The lowest BCUT2D eigenvalue weighted by Gasteiger charge is -2.09. The summed E-state index contributed by atoms with van der Waals surface area (Å²) in [5.41, 5.74) is 2.44. The molecule has 2 aromatic rings. The van der Waals surface area contributed by atoms with Gasteiger partial charge in [-0.1, -0.05) is 12.1 Å². The minimum Gasteiger partial charge on any atom is -0.392 e. The van der Waals surface area contributed by atoms with Gasteiger partial charge in [-0.2, -0.15) is 5.10 Å². The largest absolute Gasteiger partial charge is 0.392 e. The maximum Gasteiger partial charge on any atom is 0.149 e. The number of aromatic nitrogens is 2. The zero-order valence-corrected chi connectivity index (χ0v) is 10.4. The van der Waals surface area contributed by atoms with Crippen LogP contribution in [0.4, 0.5) is 4.39 Å². The van der Waals surface area contributed by atoms with E-state index in [0.717, 1.165) is 0 Å². The lowest BCUT2D eigenvalue weighted by molar-refractivity contribution is 0.184. The van der Waals surface area contributed by atoms with Crippen molar-refractivity contribution in [3.63, 3.8) is 0 Å². The number of aliphatic hydroxyl groups excluding tert-OH is 1. The molecule has 0 spiro atoms. The average molecular weight is 250 g/mol. The number of ether oxygens (including phenoxy) is 1. The molecule has 18 heavy (non-hydrogen) atoms. The van der Waals surface area contributed by atoms with Gasteiger partial charge in [0.25, 0.3) is 0 Å². The molecule has 0 radical (unpaired) electrons. The van der Waals surface area contributed by atoms with Crippen LogP contribution in [0.3, 0.4) is 0 Å². The standard InChI is InChI=1S/C13H15FN2O2/c1-9-11(7-17)6-16(15-9)13-10(8-18-2)4-3-5-12(13)14/h3-6,17H,7-8H2,1-2H3. The van der Waals surface area contributed by atoms with Gasteiger partial charge in [0.05, 0.1) is 18.9 Å². The molecular weight excluding hydrogens is 235 g/mol. The molecule has 0 aliphatic rings. The number of hydrogen-bond acceptors (Lipinski definition) is 3. The van der Waals surface area contributed by atoms with E-state index in [4.69, 9.17) is 9.84 Å². The van der Waals surface area contributed by atoms with E-state index in [9.17, 15) is 4.39 Å². The van der Waals surface area contributed by atoms with Gasteiger partial charge in [0, 0.05) is 24.4 Å². The number of aliphatic hydroxyl groups is 1. The Hall–Kier alpha value is -1.72. The summed E-state index contributed by atoms with van der Waals surface area (Å²) in [6, 6.07) is 4.80. The monoisotopic (exact) mass is 250 g/mol. The molecule has 1 aromatic heterocycles. The van der Waals surface area contributed by atoms with E-state index >= 15 is 0 Å². The highest BCUT2D eigenvalue weighted by Gasteiger charge is 2.13. The molecule has 0 amide bonds. The molecule has 0 unspecified atom stereocenters. The number of para-hydroxylation sites is 1. The molecule has 0 aliphatic heterocycles. The molecule has 1 aromatic carbocycles. The lowest BCUT2D eigenvalue weighted by atomic mass is 10.2. The highest BCUT2D eigenvalue weighted by atomic mass is 19.1. The molecule has 2 rings (SSSR count). The third-order valence-corrected chi connectivity index (χ3v) is 2.77. The molecule has 1 N–H and O–H groups in total. The van der Waals surface area contributed by atoms with E-state index in [-0.39, 0.29) is 12.4 Å². The van der Waals surface area contributed by atoms with Gasteiger partial charge in [0.1, 0.15) is 11.5 Å². The van der Waals surface area contributed by atoms with E-state index in [1.807, 2.05) is 0 Å². The fourth-order valence-electron chi connectivity index (χ4n) is 1.85. The second kappa shape index (κ2) is 5.29. The summed E-state index contributed by atoms with van der Waals surface area (Å²) in [4.78, 5) is 0. The van der Waals surface area contributed by atoms with Gasteiger partial charge in [-0.3, -0.25) is 0 Å². The third-order valence-electron chi connectivity index (χ3n) is 2.77. The first-order chi connectivity index (χ1) is 8.67. The van der Waals surface area contributed by atoms with Crippen LogP contribution >= 0.6 is 0 Å². The van der Waals surface area contributed by atoms with Crippen molar-refractivity contribution in [3.8, 4) is 5.69 Å². The first kappa shape index (κ1) is 12.7. The molecule has 0 bridgehead atoms. The SMILES string of the molecule is COCc1cccc(F)c1-n1cc(CO)c(C)n1. The van der Waals surface area contributed by atoms with Crippen LogP contribution < -0.4 is 0 Å². The van der Waals surface area contributed by atoms with E-state index in [1.165, 1.54) is 10.7 Å². The van der Waals surface area contributed by atoms with Crippen molar-refractivity contribution in [1.82, 2.24) is 9.78 Å². The predicted molar refractivity (Wildman–Crippen MR) is 64.9 cm³/mol. The Morgan fingerprint density at radius 2 is 2.17 bits per heavy atom. The van der Waals surface area contributed by atoms with Gasteiger partial charge in [0.15, 0.2) is 0 Å². The topological polar surface area (TPSA) is 47.3 Å². The van der Waals surface area contributed by atoms with Crippen molar-refractivity contribution < 1.29 is 14.2 Å². The third kappa shape index (κ3) is 2.27. The molecule has 96 valence electrons. The number of methoxy groups -OCH3 is 1. The van der Waals surface area contributed by atoms with E-state index in [1.54, 1.807) is 32.4 Å². The Labute approximate surface area is 105 Å². The Morgan fingerprint density at radius 1 is 1.39 bits per heavy atom. The first-order valence-electron chi connectivity index (χ1n) is 5.60. The number of rotatable bonds is 4. The normalized spacial score (nSPS) is 10.9. The van der Waals surface area contributed by atoms with Gasteiger partial charge in [0.2, 0.25) is 0 Å². The zero-order chi connectivity index (χ0) is 13.1. The molecule has 4 nitrogen and oxygen atoms in total. The maximum atomic E-state index is 13.9. The highest BCUT2D eigenvalue weighted by molar-refractivity contribution is 5.42. The summed E-state index contributed by atoms with van der Waals surface area (Å²) >= 11 is 0. The minimum atomic E-state index is -0.364. The van der Waals surface area contributed by atoms with Crippen molar-refractivity contribution in [1.29, 1.82) is 0 Å². The number of halogens is 1. The van der Waals surface area contributed by atoms with Crippen LogP contribution in [-0.4, -0.2) is 22.0 Å². The van der Waals surface area contributed by atoms with Gasteiger partial charge < -0.3 is 9.84 Å². The molecular formula is C13H15FN2O2. The molecule has 0 saturated carbocycles. The van der Waals surface area contributed by atoms with Crippen LogP contribution in [0, 0.1) is 12.7 Å². The van der Waals surface area contributed by atoms with Crippen molar-refractivity contribution in [2.45, 2.75) is 20.1 Å². The summed E-state index contributed by atoms with van der Waals surface area (Å²) < 4.78 is 20.4. The van der Waals surface area contributed by atoms with Crippen molar-refractivity contribution in [2.75, 3.05) is 7.11 Å². The molecule has 0 fully saturated rings. The average Bonchev–Trinajstić information content (AvgIpc) is 2.71. The zero-order valence-electron chi connectivity index (χ0n) is 10.4. The number of nitrogens with zero attached hydrogens (tertiary/aromatic N) is 2. The fourth-order valence-corrected chi connectivity index (χ4v) is 1.85. The first-order valence-corrected chi connectivity index (χ1v) is 5.60. The molecule has 0 atom stereocenters. The Balaban J connectivity index is 2.54. The lowest BCUT2D eigenvalue weighted by Crippen LogP contribution is -2.04. The van der Waals surface area contributed by atoms with Gasteiger partial charge in [-0.15, -0.1) is 0 Å². The van der Waals surface area contributed by atoms with Crippen molar-refractivity contribution in [2.24, 2.45) is 0 Å². The molecule has 1 heterocycles. The summed E-state index contributed by atoms with van der Waals surface area (Å²) in [6.45, 7) is 1.97. The quantitative estimate of drug-likeness (QED) is 0.902. The van der Waals surface area contributed by atoms with Crippen LogP contribution in [0.25, 0.3) is 5.69 Å². The summed E-state index contributed by atoms with van der Waals surface area (Å²) in [7, 11) is 1.56. The second-order valence-electron chi connectivity index (χ2n) is 4.02. The Morgan fingerprint density at radius 3 is 2.78 bits per heavy atom. The molecule has 0 aliphatic carbocycles. The summed E-state index contributed by atoms with van der Waals surface area (Å²) in [5.74, 6) is -0.364.